The van der Waals surface area contributed by atoms with Gasteiger partial charge in [0, 0.05) is 12.4 Å². The van der Waals surface area contributed by atoms with Crippen LogP contribution in [0.5, 0.6) is 5.75 Å². The molecule has 0 aliphatic rings. The molecular weight excluding hydrogens is 318 g/mol. The van der Waals surface area contributed by atoms with Gasteiger partial charge in [-0.05, 0) is 38.7 Å². The van der Waals surface area contributed by atoms with Gasteiger partial charge in [-0.3, -0.25) is 9.69 Å². The number of carboxylic acids is 1. The minimum Gasteiger partial charge on any atom is -0.480 e. The first kappa shape index (κ1) is 17.0. The summed E-state index contributed by atoms with van der Waals surface area (Å²) in [6.45, 7) is 1.81. The summed E-state index contributed by atoms with van der Waals surface area (Å²) >= 11 is 0. The Kier molecular flexibility index (Phi) is 4.46. The number of pyridine rings is 1. The number of aliphatic carboxylic acids is 1. The van der Waals surface area contributed by atoms with Gasteiger partial charge in [0.1, 0.15) is 11.4 Å². The van der Waals surface area contributed by atoms with Crippen molar-refractivity contribution in [2.45, 2.75) is 18.6 Å². The summed E-state index contributed by atoms with van der Waals surface area (Å²) in [5.74, 6) is -0.360. The van der Waals surface area contributed by atoms with E-state index in [1.54, 1.807) is 44.4 Å². The minimum atomic E-state index is -1.10. The van der Waals surface area contributed by atoms with E-state index in [9.17, 15) is 9.90 Å². The Morgan fingerprint density at radius 2 is 1.96 bits per heavy atom. The van der Waals surface area contributed by atoms with Crippen molar-refractivity contribution in [3.8, 4) is 5.75 Å². The van der Waals surface area contributed by atoms with E-state index < -0.39 is 17.6 Å². The van der Waals surface area contributed by atoms with Crippen LogP contribution in [0, 0.1) is 0 Å². The molecule has 0 bridgehead atoms. The second-order valence-electron chi connectivity index (χ2n) is 6.33. The molecule has 0 aliphatic heterocycles. The predicted octanol–water partition coefficient (Wildman–Crippen LogP) is 2.87. The van der Waals surface area contributed by atoms with Crippen LogP contribution in [0.25, 0.3) is 11.0 Å². The van der Waals surface area contributed by atoms with Crippen molar-refractivity contribution in [1.82, 2.24) is 14.9 Å². The van der Waals surface area contributed by atoms with Crippen LogP contribution in [0.1, 0.15) is 12.5 Å². The van der Waals surface area contributed by atoms with Crippen molar-refractivity contribution < 1.29 is 14.6 Å². The molecule has 6 nitrogen and oxygen atoms in total. The van der Waals surface area contributed by atoms with Crippen LogP contribution in [0.2, 0.25) is 0 Å². The summed E-state index contributed by atoms with van der Waals surface area (Å²) < 4.78 is 6.36. The van der Waals surface area contributed by atoms with Crippen LogP contribution < -0.4 is 4.74 Å². The lowest BCUT2D eigenvalue weighted by Crippen LogP contribution is -2.54. The number of carbonyl (C=O) groups is 1. The fourth-order valence-corrected chi connectivity index (χ4v) is 3.24. The molecule has 2 N–H and O–H groups in total. The third-order valence-corrected chi connectivity index (χ3v) is 4.36. The van der Waals surface area contributed by atoms with Crippen LogP contribution in [0.15, 0.2) is 54.9 Å². The molecule has 0 amide bonds. The number of H-pyrrole nitrogens is 1. The average molecular weight is 339 g/mol. The van der Waals surface area contributed by atoms with Gasteiger partial charge < -0.3 is 14.8 Å². The molecule has 0 saturated carbocycles. The second kappa shape index (κ2) is 6.57. The van der Waals surface area contributed by atoms with Crippen molar-refractivity contribution in [2.75, 3.05) is 14.1 Å². The summed E-state index contributed by atoms with van der Waals surface area (Å²) in [5.41, 5.74) is 0.392. The van der Waals surface area contributed by atoms with Gasteiger partial charge in [0.2, 0.25) is 0 Å². The zero-order chi connectivity index (χ0) is 18.0. The number of rotatable bonds is 6. The quantitative estimate of drug-likeness (QED) is 0.722. The zero-order valence-electron chi connectivity index (χ0n) is 14.4. The first-order valence-electron chi connectivity index (χ1n) is 7.99. The molecule has 2 aromatic heterocycles. The maximum Gasteiger partial charge on any atom is 0.325 e. The predicted molar refractivity (Wildman–Crippen MR) is 95.6 cm³/mol. The number of nitrogens with one attached hydrogen (secondary N) is 1. The van der Waals surface area contributed by atoms with E-state index in [1.807, 2.05) is 36.4 Å². The minimum absolute atomic E-state index is 0.589. The molecule has 0 radical (unpaired) electrons. The number of aromatic amines is 1. The number of carboxylic acid groups (broad SMARTS) is 1. The molecule has 2 unspecified atom stereocenters. The van der Waals surface area contributed by atoms with Gasteiger partial charge in [0.05, 0.1) is 5.39 Å². The Hall–Kier alpha value is -2.86. The summed E-state index contributed by atoms with van der Waals surface area (Å²) in [6.07, 6.45) is 3.43. The lowest BCUT2D eigenvalue weighted by molar-refractivity contribution is -0.151. The summed E-state index contributed by atoms with van der Waals surface area (Å²) in [4.78, 5) is 21.0. The highest BCUT2D eigenvalue weighted by molar-refractivity contribution is 5.82. The highest BCUT2D eigenvalue weighted by atomic mass is 16.5. The molecule has 1 aromatic carbocycles. The molecule has 3 rings (SSSR count). The van der Waals surface area contributed by atoms with Crippen LogP contribution in [-0.2, 0) is 10.4 Å². The van der Waals surface area contributed by atoms with Gasteiger partial charge in [0.15, 0.2) is 11.6 Å². The molecule has 0 saturated heterocycles. The highest BCUT2D eigenvalue weighted by Crippen LogP contribution is 2.36. The Balaban J connectivity index is 2.14. The molecule has 2 atom stereocenters. The summed E-state index contributed by atoms with van der Waals surface area (Å²) in [5, 5.41) is 10.7. The molecular formula is C19H21N3O3. The van der Waals surface area contributed by atoms with E-state index >= 15 is 0 Å². The number of aromatic nitrogens is 2. The van der Waals surface area contributed by atoms with Crippen LogP contribution in [0.3, 0.4) is 0 Å². The van der Waals surface area contributed by atoms with Crippen LogP contribution in [0.4, 0.5) is 0 Å². The zero-order valence-corrected chi connectivity index (χ0v) is 14.4. The molecule has 0 aliphatic carbocycles. The number of fused-ring (bicyclic) bond motifs is 1. The third-order valence-electron chi connectivity index (χ3n) is 4.36. The number of benzene rings is 1. The first-order valence-corrected chi connectivity index (χ1v) is 7.99. The van der Waals surface area contributed by atoms with E-state index in [0.29, 0.717) is 11.4 Å². The van der Waals surface area contributed by atoms with E-state index in [2.05, 4.69) is 9.97 Å². The van der Waals surface area contributed by atoms with Gasteiger partial charge in [-0.2, -0.15) is 0 Å². The Morgan fingerprint density at radius 1 is 1.24 bits per heavy atom. The SMILES string of the molecule is CN(C)C(C(=O)O)C(C)(Oc1ccnc2[nH]ccc12)c1ccccc1. The Labute approximate surface area is 146 Å². The standard InChI is InChI=1S/C19H21N3O3/c1-19(13-7-5-4-6-8-13,16(18(23)24)22(2)3)25-15-10-12-21-17-14(15)9-11-20-17/h4-12,16H,1-3H3,(H,20,21)(H,23,24). The van der Waals surface area contributed by atoms with Crippen molar-refractivity contribution >= 4 is 17.0 Å². The second-order valence-corrected chi connectivity index (χ2v) is 6.33. The lowest BCUT2D eigenvalue weighted by atomic mass is 9.87. The number of ether oxygens (including phenoxy) is 1. The van der Waals surface area contributed by atoms with Gasteiger partial charge in [-0.15, -0.1) is 0 Å². The maximum absolute atomic E-state index is 12.0. The smallest absolute Gasteiger partial charge is 0.325 e. The third kappa shape index (κ3) is 3.08. The molecule has 3 aromatic rings. The number of hydrogen-bond acceptors (Lipinski definition) is 4. The van der Waals surface area contributed by atoms with E-state index in [4.69, 9.17) is 4.74 Å². The number of likely N-dealkylation sites (N-methyl/N-ethyl adjacent to an activating group) is 1. The normalized spacial score (nSPS) is 15.0. The fourth-order valence-electron chi connectivity index (χ4n) is 3.24. The lowest BCUT2D eigenvalue weighted by Gasteiger charge is -2.39. The topological polar surface area (TPSA) is 78.5 Å². The molecule has 0 fully saturated rings. The number of hydrogen-bond donors (Lipinski definition) is 2. The molecule has 130 valence electrons. The highest BCUT2D eigenvalue weighted by Gasteiger charge is 2.45. The maximum atomic E-state index is 12.0. The molecule has 2 heterocycles. The van der Waals surface area contributed by atoms with Crippen LogP contribution >= 0.6 is 0 Å². The van der Waals surface area contributed by atoms with Crippen LogP contribution in [-0.4, -0.2) is 46.1 Å². The monoisotopic (exact) mass is 339 g/mol. The van der Waals surface area contributed by atoms with Gasteiger partial charge >= 0.3 is 5.97 Å². The Bertz CT molecular complexity index is 876. The Morgan fingerprint density at radius 3 is 2.60 bits per heavy atom. The van der Waals surface area contributed by atoms with E-state index in [0.717, 1.165) is 10.9 Å². The fraction of sp³-hybridized carbons (Fsp3) is 0.263. The molecule has 0 spiro atoms. The molecule has 25 heavy (non-hydrogen) atoms. The van der Waals surface area contributed by atoms with E-state index in [-0.39, 0.29) is 0 Å². The number of nitrogens with zero attached hydrogens (tertiary/aromatic N) is 2. The van der Waals surface area contributed by atoms with E-state index in [1.165, 1.54) is 0 Å². The van der Waals surface area contributed by atoms with Crippen molar-refractivity contribution in [2.24, 2.45) is 0 Å². The average Bonchev–Trinajstić information content (AvgIpc) is 3.04. The van der Waals surface area contributed by atoms with Gasteiger partial charge in [-0.1, -0.05) is 30.3 Å². The largest absolute Gasteiger partial charge is 0.480 e. The van der Waals surface area contributed by atoms with Crippen molar-refractivity contribution in [1.29, 1.82) is 0 Å². The van der Waals surface area contributed by atoms with Gasteiger partial charge in [0.25, 0.3) is 0 Å². The van der Waals surface area contributed by atoms with Crippen molar-refractivity contribution in [3.05, 3.63) is 60.4 Å². The van der Waals surface area contributed by atoms with Crippen molar-refractivity contribution in [3.63, 3.8) is 0 Å². The molecule has 6 heteroatoms. The first-order chi connectivity index (χ1) is 11.9. The van der Waals surface area contributed by atoms with Gasteiger partial charge in [-0.25, -0.2) is 4.98 Å². The summed E-state index contributed by atoms with van der Waals surface area (Å²) in [7, 11) is 3.48. The summed E-state index contributed by atoms with van der Waals surface area (Å²) in [6, 6.07) is 12.2.